The molecule has 0 radical (unpaired) electrons. The zero-order valence-electron chi connectivity index (χ0n) is 10.4. The topological polar surface area (TPSA) is 59.1 Å². The molecular formula is C15H15FN2O. The van der Waals surface area contributed by atoms with Crippen molar-refractivity contribution < 1.29 is 9.13 Å². The third-order valence-corrected chi connectivity index (χ3v) is 2.74. The van der Waals surface area contributed by atoms with Crippen molar-refractivity contribution in [1.29, 1.82) is 5.41 Å². The molecule has 2 rings (SSSR count). The molecule has 0 saturated heterocycles. The number of nitrogen functional groups attached to an aromatic ring is 1. The molecule has 0 bridgehead atoms. The summed E-state index contributed by atoms with van der Waals surface area (Å²) in [6, 6.07) is 14.5. The van der Waals surface area contributed by atoms with Crippen LogP contribution in [0.2, 0.25) is 0 Å². The van der Waals surface area contributed by atoms with Crippen molar-refractivity contribution in [2.24, 2.45) is 5.73 Å². The third-order valence-electron chi connectivity index (χ3n) is 2.74. The minimum Gasteiger partial charge on any atom is -0.384 e. The Balaban J connectivity index is 2.00. The minimum absolute atomic E-state index is 0.112. The van der Waals surface area contributed by atoms with Crippen molar-refractivity contribution in [2.75, 3.05) is 0 Å². The van der Waals surface area contributed by atoms with Gasteiger partial charge in [0.05, 0.1) is 18.8 Å². The van der Waals surface area contributed by atoms with Crippen molar-refractivity contribution in [1.82, 2.24) is 0 Å². The SMILES string of the molecule is N=C(N)c1cccc(COCc2ccccc2)c1F. The van der Waals surface area contributed by atoms with Gasteiger partial charge >= 0.3 is 0 Å². The Bertz CT molecular complexity index is 570. The monoisotopic (exact) mass is 258 g/mol. The molecule has 0 heterocycles. The maximum atomic E-state index is 13.9. The number of rotatable bonds is 5. The highest BCUT2D eigenvalue weighted by atomic mass is 19.1. The first kappa shape index (κ1) is 13.2. The predicted octanol–water partition coefficient (Wildman–Crippen LogP) is 2.83. The Morgan fingerprint density at radius 3 is 2.47 bits per heavy atom. The normalized spacial score (nSPS) is 10.4. The fourth-order valence-corrected chi connectivity index (χ4v) is 1.75. The minimum atomic E-state index is -0.483. The van der Waals surface area contributed by atoms with Crippen molar-refractivity contribution in [3.63, 3.8) is 0 Å². The molecule has 2 aromatic carbocycles. The highest BCUT2D eigenvalue weighted by molar-refractivity contribution is 5.95. The van der Waals surface area contributed by atoms with E-state index in [4.69, 9.17) is 15.9 Å². The number of ether oxygens (including phenoxy) is 1. The number of hydrogen-bond acceptors (Lipinski definition) is 2. The second-order valence-electron chi connectivity index (χ2n) is 4.17. The van der Waals surface area contributed by atoms with E-state index in [1.54, 1.807) is 12.1 Å². The lowest BCUT2D eigenvalue weighted by molar-refractivity contribution is 0.105. The third kappa shape index (κ3) is 3.39. The second kappa shape index (κ2) is 6.11. The summed E-state index contributed by atoms with van der Waals surface area (Å²) in [5, 5.41) is 7.28. The average molecular weight is 258 g/mol. The van der Waals surface area contributed by atoms with E-state index < -0.39 is 5.82 Å². The summed E-state index contributed by atoms with van der Waals surface area (Å²) in [7, 11) is 0. The van der Waals surface area contributed by atoms with E-state index in [2.05, 4.69) is 0 Å². The Labute approximate surface area is 111 Å². The van der Waals surface area contributed by atoms with Gasteiger partial charge in [-0.1, -0.05) is 42.5 Å². The first-order valence-corrected chi connectivity index (χ1v) is 5.92. The maximum absolute atomic E-state index is 13.9. The van der Waals surface area contributed by atoms with Gasteiger partial charge in [-0.3, -0.25) is 5.41 Å². The van der Waals surface area contributed by atoms with Crippen molar-refractivity contribution >= 4 is 5.84 Å². The van der Waals surface area contributed by atoms with E-state index in [1.165, 1.54) is 6.07 Å². The molecule has 4 heteroatoms. The fraction of sp³-hybridized carbons (Fsp3) is 0.133. The maximum Gasteiger partial charge on any atom is 0.139 e. The summed E-state index contributed by atoms with van der Waals surface area (Å²) in [6.07, 6.45) is 0. The lowest BCUT2D eigenvalue weighted by Crippen LogP contribution is -2.14. The molecule has 0 aliphatic carbocycles. The van der Waals surface area contributed by atoms with Crippen LogP contribution < -0.4 is 5.73 Å². The summed E-state index contributed by atoms with van der Waals surface area (Å²) in [4.78, 5) is 0. The van der Waals surface area contributed by atoms with Gasteiger partial charge in [-0.15, -0.1) is 0 Å². The van der Waals surface area contributed by atoms with Crippen LogP contribution in [-0.4, -0.2) is 5.84 Å². The van der Waals surface area contributed by atoms with Gasteiger partial charge in [0.15, 0.2) is 0 Å². The first-order valence-electron chi connectivity index (χ1n) is 5.92. The van der Waals surface area contributed by atoms with E-state index >= 15 is 0 Å². The average Bonchev–Trinajstić information content (AvgIpc) is 2.41. The number of nitrogens with two attached hydrogens (primary N) is 1. The highest BCUT2D eigenvalue weighted by Crippen LogP contribution is 2.14. The van der Waals surface area contributed by atoms with E-state index in [9.17, 15) is 4.39 Å². The quantitative estimate of drug-likeness (QED) is 0.640. The van der Waals surface area contributed by atoms with Crippen LogP contribution in [0.15, 0.2) is 48.5 Å². The summed E-state index contributed by atoms with van der Waals surface area (Å²) < 4.78 is 19.4. The van der Waals surface area contributed by atoms with Gasteiger partial charge in [0.2, 0.25) is 0 Å². The molecule has 98 valence electrons. The van der Waals surface area contributed by atoms with Gasteiger partial charge in [0, 0.05) is 5.56 Å². The summed E-state index contributed by atoms with van der Waals surface area (Å²) in [5.41, 5.74) is 6.86. The summed E-state index contributed by atoms with van der Waals surface area (Å²) in [6.45, 7) is 0.576. The number of nitrogens with one attached hydrogen (secondary N) is 1. The molecule has 0 aliphatic rings. The number of halogens is 1. The molecule has 19 heavy (non-hydrogen) atoms. The number of amidine groups is 1. The zero-order chi connectivity index (χ0) is 13.7. The molecule has 3 nitrogen and oxygen atoms in total. The van der Waals surface area contributed by atoms with E-state index in [0.717, 1.165) is 5.56 Å². The molecular weight excluding hydrogens is 243 g/mol. The van der Waals surface area contributed by atoms with Gasteiger partial charge in [-0.25, -0.2) is 4.39 Å². The molecule has 0 aromatic heterocycles. The molecule has 0 fully saturated rings. The van der Waals surface area contributed by atoms with Crippen LogP contribution in [0, 0.1) is 11.2 Å². The highest BCUT2D eigenvalue weighted by Gasteiger charge is 2.09. The molecule has 0 aliphatic heterocycles. The molecule has 0 unspecified atom stereocenters. The van der Waals surface area contributed by atoms with Crippen molar-refractivity contribution in [2.45, 2.75) is 13.2 Å². The van der Waals surface area contributed by atoms with Crippen LogP contribution in [0.1, 0.15) is 16.7 Å². The van der Waals surface area contributed by atoms with Gasteiger partial charge in [-0.05, 0) is 11.6 Å². The van der Waals surface area contributed by atoms with Crippen LogP contribution in [0.3, 0.4) is 0 Å². The van der Waals surface area contributed by atoms with Crippen LogP contribution in [-0.2, 0) is 18.0 Å². The van der Waals surface area contributed by atoms with Crippen LogP contribution in [0.25, 0.3) is 0 Å². The Kier molecular flexibility index (Phi) is 4.26. The first-order chi connectivity index (χ1) is 9.18. The lowest BCUT2D eigenvalue weighted by Gasteiger charge is -2.08. The summed E-state index contributed by atoms with van der Waals surface area (Å²) in [5.74, 6) is -0.759. The Morgan fingerprint density at radius 2 is 1.79 bits per heavy atom. The molecule has 0 spiro atoms. The van der Waals surface area contributed by atoms with Crippen LogP contribution in [0.5, 0.6) is 0 Å². The fourth-order valence-electron chi connectivity index (χ4n) is 1.75. The second-order valence-corrected chi connectivity index (χ2v) is 4.17. The Morgan fingerprint density at radius 1 is 1.05 bits per heavy atom. The zero-order valence-corrected chi connectivity index (χ0v) is 10.4. The standard InChI is InChI=1S/C15H15FN2O/c16-14-12(7-4-8-13(14)15(17)18)10-19-9-11-5-2-1-3-6-11/h1-8H,9-10H2,(H3,17,18). The van der Waals surface area contributed by atoms with Crippen molar-refractivity contribution in [3.8, 4) is 0 Å². The van der Waals surface area contributed by atoms with E-state index in [0.29, 0.717) is 12.2 Å². The molecule has 0 saturated carbocycles. The van der Waals surface area contributed by atoms with Crippen LogP contribution in [0.4, 0.5) is 4.39 Å². The number of hydrogen-bond donors (Lipinski definition) is 2. The molecule has 2 aromatic rings. The Hall–Kier alpha value is -2.20. The molecule has 0 amide bonds. The van der Waals surface area contributed by atoms with Crippen molar-refractivity contribution in [3.05, 3.63) is 71.0 Å². The lowest BCUT2D eigenvalue weighted by atomic mass is 10.1. The predicted molar refractivity (Wildman–Crippen MR) is 72.4 cm³/mol. The van der Waals surface area contributed by atoms with E-state index in [1.807, 2.05) is 30.3 Å². The molecule has 3 N–H and O–H groups in total. The van der Waals surface area contributed by atoms with Gasteiger partial charge in [0.1, 0.15) is 11.7 Å². The van der Waals surface area contributed by atoms with Gasteiger partial charge < -0.3 is 10.5 Å². The smallest absolute Gasteiger partial charge is 0.139 e. The van der Waals surface area contributed by atoms with Gasteiger partial charge in [-0.2, -0.15) is 0 Å². The van der Waals surface area contributed by atoms with Gasteiger partial charge in [0.25, 0.3) is 0 Å². The summed E-state index contributed by atoms with van der Waals surface area (Å²) >= 11 is 0. The largest absolute Gasteiger partial charge is 0.384 e. The van der Waals surface area contributed by atoms with E-state index in [-0.39, 0.29) is 18.0 Å². The number of benzene rings is 2. The van der Waals surface area contributed by atoms with Crippen LogP contribution >= 0.6 is 0 Å². The molecule has 0 atom stereocenters.